The molecule has 3 nitrogen and oxygen atoms in total. The highest BCUT2D eigenvalue weighted by Crippen LogP contribution is 2.10. The Labute approximate surface area is 59.0 Å². The molecule has 0 saturated heterocycles. The number of rotatable bonds is 1. The quantitative estimate of drug-likeness (QED) is 0.365. The molecule has 0 aliphatic carbocycles. The Bertz CT molecular complexity index is 231. The maximum absolute atomic E-state index is 8.13. The van der Waals surface area contributed by atoms with E-state index in [1.807, 2.05) is 19.9 Å². The summed E-state index contributed by atoms with van der Waals surface area (Å²) < 4.78 is 5.15. The molecule has 0 saturated carbocycles. The van der Waals surface area contributed by atoms with Gasteiger partial charge in [-0.2, -0.15) is 0 Å². The number of oxime groups is 1. The topological polar surface area (TPSA) is 45.7 Å². The number of hydrogen-bond acceptors (Lipinski definition) is 3. The molecular weight excluding hydrogens is 130 g/mol. The van der Waals surface area contributed by atoms with Crippen LogP contribution in [0.2, 0.25) is 0 Å². The van der Waals surface area contributed by atoms with Gasteiger partial charge in [0.2, 0.25) is 0 Å². The molecule has 54 valence electrons. The van der Waals surface area contributed by atoms with E-state index in [1.165, 1.54) is 6.21 Å². The van der Waals surface area contributed by atoms with E-state index in [0.29, 0.717) is 5.76 Å². The average molecular weight is 139 g/mol. The highest BCUT2D eigenvalue weighted by Gasteiger charge is 1.99. The molecule has 0 bridgehead atoms. The fourth-order valence-electron chi connectivity index (χ4n) is 0.722. The lowest BCUT2D eigenvalue weighted by Gasteiger charge is -1.81. The van der Waals surface area contributed by atoms with Crippen molar-refractivity contribution < 1.29 is 9.62 Å². The van der Waals surface area contributed by atoms with Crippen molar-refractivity contribution in [2.24, 2.45) is 5.16 Å². The number of aryl methyl sites for hydroxylation is 2. The molecule has 1 aromatic rings. The lowest BCUT2D eigenvalue weighted by molar-refractivity contribution is 0.320. The van der Waals surface area contributed by atoms with Crippen LogP contribution in [0.15, 0.2) is 15.6 Å². The molecule has 0 unspecified atom stereocenters. The summed E-state index contributed by atoms with van der Waals surface area (Å²) in [4.78, 5) is 0. The summed E-state index contributed by atoms with van der Waals surface area (Å²) in [5.41, 5.74) is 1.06. The Kier molecular flexibility index (Phi) is 1.76. The highest BCUT2D eigenvalue weighted by molar-refractivity contribution is 5.75. The molecular formula is C7H9NO2. The Morgan fingerprint density at radius 2 is 2.30 bits per heavy atom. The normalized spacial score (nSPS) is 11.0. The van der Waals surface area contributed by atoms with Gasteiger partial charge < -0.3 is 9.62 Å². The molecule has 0 radical (unpaired) electrons. The van der Waals surface area contributed by atoms with Crippen molar-refractivity contribution in [3.05, 3.63) is 23.2 Å². The second kappa shape index (κ2) is 2.56. The number of furan rings is 1. The Hall–Kier alpha value is -1.25. The van der Waals surface area contributed by atoms with Gasteiger partial charge in [0.25, 0.3) is 0 Å². The van der Waals surface area contributed by atoms with Gasteiger partial charge in [0.05, 0.1) is 0 Å². The van der Waals surface area contributed by atoms with Gasteiger partial charge in [-0.05, 0) is 25.5 Å². The maximum Gasteiger partial charge on any atom is 0.148 e. The van der Waals surface area contributed by atoms with E-state index in [-0.39, 0.29) is 0 Å². The zero-order valence-electron chi connectivity index (χ0n) is 5.96. The summed E-state index contributed by atoms with van der Waals surface area (Å²) >= 11 is 0. The van der Waals surface area contributed by atoms with Crippen LogP contribution >= 0.6 is 0 Å². The first-order chi connectivity index (χ1) is 4.74. The average Bonchev–Trinajstić information content (AvgIpc) is 2.14. The van der Waals surface area contributed by atoms with E-state index >= 15 is 0 Å². The first-order valence-corrected chi connectivity index (χ1v) is 2.98. The molecule has 1 heterocycles. The van der Waals surface area contributed by atoms with Crippen LogP contribution in [0.25, 0.3) is 0 Å². The van der Waals surface area contributed by atoms with Crippen molar-refractivity contribution in [3.63, 3.8) is 0 Å². The molecule has 1 rings (SSSR count). The molecule has 0 atom stereocenters. The van der Waals surface area contributed by atoms with E-state index in [9.17, 15) is 0 Å². The molecule has 3 heteroatoms. The minimum Gasteiger partial charge on any atom is -0.460 e. The monoisotopic (exact) mass is 139 g/mol. The van der Waals surface area contributed by atoms with Crippen LogP contribution in [0.1, 0.15) is 17.1 Å². The van der Waals surface area contributed by atoms with Crippen molar-refractivity contribution in [1.82, 2.24) is 0 Å². The molecule has 0 fully saturated rings. The van der Waals surface area contributed by atoms with Crippen LogP contribution in [0.5, 0.6) is 0 Å². The van der Waals surface area contributed by atoms with E-state index < -0.39 is 0 Å². The van der Waals surface area contributed by atoms with Gasteiger partial charge in [-0.25, -0.2) is 0 Å². The van der Waals surface area contributed by atoms with Crippen LogP contribution in [0.3, 0.4) is 0 Å². The molecule has 0 spiro atoms. The molecule has 0 aliphatic rings. The van der Waals surface area contributed by atoms with Crippen molar-refractivity contribution in [2.75, 3.05) is 0 Å². The van der Waals surface area contributed by atoms with Gasteiger partial charge in [0, 0.05) is 0 Å². The molecule has 0 amide bonds. The van der Waals surface area contributed by atoms with Crippen molar-refractivity contribution >= 4 is 6.21 Å². The summed E-state index contributed by atoms with van der Waals surface area (Å²) in [7, 11) is 0. The lowest BCUT2D eigenvalue weighted by atomic mass is 10.3. The largest absolute Gasteiger partial charge is 0.460 e. The van der Waals surface area contributed by atoms with Crippen molar-refractivity contribution in [3.8, 4) is 0 Å². The van der Waals surface area contributed by atoms with E-state index in [0.717, 1.165) is 11.3 Å². The maximum atomic E-state index is 8.13. The second-order valence-electron chi connectivity index (χ2n) is 2.13. The van der Waals surface area contributed by atoms with E-state index in [1.54, 1.807) is 0 Å². The minimum absolute atomic E-state index is 0.581. The zero-order chi connectivity index (χ0) is 7.56. The lowest BCUT2D eigenvalue weighted by Crippen LogP contribution is -1.71. The Balaban J connectivity index is 2.98. The molecule has 1 aromatic heterocycles. The standard InChI is InChI=1S/C7H9NO2/c1-5-3-7(4-8-9)10-6(5)2/h3-4,9H,1-2H3/b8-4+. The summed E-state index contributed by atoms with van der Waals surface area (Å²) in [6.45, 7) is 3.80. The van der Waals surface area contributed by atoms with E-state index in [2.05, 4.69) is 5.16 Å². The second-order valence-corrected chi connectivity index (χ2v) is 2.13. The van der Waals surface area contributed by atoms with Gasteiger partial charge in [-0.15, -0.1) is 0 Å². The third kappa shape index (κ3) is 1.18. The summed E-state index contributed by atoms with van der Waals surface area (Å²) in [5.74, 6) is 1.44. The highest BCUT2D eigenvalue weighted by atomic mass is 16.4. The van der Waals surface area contributed by atoms with Gasteiger partial charge in [-0.3, -0.25) is 0 Å². The van der Waals surface area contributed by atoms with Crippen molar-refractivity contribution in [1.29, 1.82) is 0 Å². The fraction of sp³-hybridized carbons (Fsp3) is 0.286. The summed E-state index contributed by atoms with van der Waals surface area (Å²) in [6, 6.07) is 1.81. The first kappa shape index (κ1) is 6.86. The van der Waals surface area contributed by atoms with Gasteiger partial charge >= 0.3 is 0 Å². The predicted octanol–water partition coefficient (Wildman–Crippen LogP) is 1.70. The SMILES string of the molecule is Cc1cc(/C=N/O)oc1C. The third-order valence-corrected chi connectivity index (χ3v) is 1.37. The van der Waals surface area contributed by atoms with Crippen LogP contribution < -0.4 is 0 Å². The number of hydrogen-bond donors (Lipinski definition) is 1. The molecule has 0 aliphatic heterocycles. The Morgan fingerprint density at radius 3 is 2.70 bits per heavy atom. The summed E-state index contributed by atoms with van der Waals surface area (Å²) in [6.07, 6.45) is 1.26. The Morgan fingerprint density at radius 1 is 1.60 bits per heavy atom. The number of nitrogens with zero attached hydrogens (tertiary/aromatic N) is 1. The van der Waals surface area contributed by atoms with Gasteiger partial charge in [-0.1, -0.05) is 5.16 Å². The summed E-state index contributed by atoms with van der Waals surface area (Å²) in [5, 5.41) is 11.0. The van der Waals surface area contributed by atoms with Crippen LogP contribution in [-0.2, 0) is 0 Å². The third-order valence-electron chi connectivity index (χ3n) is 1.37. The fourth-order valence-corrected chi connectivity index (χ4v) is 0.722. The minimum atomic E-state index is 0.581. The van der Waals surface area contributed by atoms with Gasteiger partial charge in [0.15, 0.2) is 0 Å². The molecule has 10 heavy (non-hydrogen) atoms. The first-order valence-electron chi connectivity index (χ1n) is 2.98. The van der Waals surface area contributed by atoms with Crippen molar-refractivity contribution in [2.45, 2.75) is 13.8 Å². The smallest absolute Gasteiger partial charge is 0.148 e. The zero-order valence-corrected chi connectivity index (χ0v) is 5.96. The van der Waals surface area contributed by atoms with Crippen LogP contribution in [0.4, 0.5) is 0 Å². The molecule has 1 N–H and O–H groups in total. The molecule has 0 aromatic carbocycles. The van der Waals surface area contributed by atoms with Gasteiger partial charge in [0.1, 0.15) is 17.7 Å². The predicted molar refractivity (Wildman–Crippen MR) is 37.6 cm³/mol. The van der Waals surface area contributed by atoms with Crippen LogP contribution in [0, 0.1) is 13.8 Å². The van der Waals surface area contributed by atoms with Crippen LogP contribution in [-0.4, -0.2) is 11.4 Å². The van der Waals surface area contributed by atoms with E-state index in [4.69, 9.17) is 9.62 Å².